The summed E-state index contributed by atoms with van der Waals surface area (Å²) in [4.78, 5) is 25.9. The summed E-state index contributed by atoms with van der Waals surface area (Å²) in [6.07, 6.45) is 0.478. The van der Waals surface area contributed by atoms with Gasteiger partial charge in [-0.1, -0.05) is 6.92 Å². The summed E-state index contributed by atoms with van der Waals surface area (Å²) >= 11 is 0. The summed E-state index contributed by atoms with van der Waals surface area (Å²) in [5, 5.41) is 2.46. The molecule has 1 rings (SSSR count). The van der Waals surface area contributed by atoms with Crippen molar-refractivity contribution in [2.45, 2.75) is 13.3 Å². The van der Waals surface area contributed by atoms with E-state index in [1.807, 2.05) is 0 Å². The first-order chi connectivity index (χ1) is 5.69. The van der Waals surface area contributed by atoms with Gasteiger partial charge in [-0.15, -0.1) is 0 Å². The molecule has 0 spiro atoms. The minimum Gasteiger partial charge on any atom is -0.324 e. The van der Waals surface area contributed by atoms with E-state index < -0.39 is 5.92 Å². The number of carbonyl (C=O) groups excluding carboxylic acids is 2. The first-order valence-electron chi connectivity index (χ1n) is 3.81. The predicted molar refractivity (Wildman–Crippen MR) is 43.4 cm³/mol. The molecule has 1 unspecified atom stereocenters. The van der Waals surface area contributed by atoms with Crippen LogP contribution in [0.25, 0.3) is 0 Å². The monoisotopic (exact) mass is 169 g/mol. The van der Waals surface area contributed by atoms with Crippen LogP contribution in [0.1, 0.15) is 13.3 Å². The van der Waals surface area contributed by atoms with E-state index in [2.05, 4.69) is 10.3 Å². The Bertz CT molecular complexity index is 247. The topological polar surface area (TPSA) is 84.6 Å². The lowest BCUT2D eigenvalue weighted by atomic mass is 10.0. The number of rotatable bonds is 2. The molecule has 0 aromatic heterocycles. The second-order valence-electron chi connectivity index (χ2n) is 2.55. The zero-order valence-corrected chi connectivity index (χ0v) is 6.83. The Morgan fingerprint density at radius 1 is 1.58 bits per heavy atom. The maximum absolute atomic E-state index is 11.1. The third-order valence-corrected chi connectivity index (χ3v) is 1.73. The van der Waals surface area contributed by atoms with Crippen molar-refractivity contribution in [3.8, 4) is 0 Å². The highest BCUT2D eigenvalue weighted by Gasteiger charge is 2.29. The fraction of sp³-hybridized carbons (Fsp3) is 0.571. The number of aliphatic imine (C=N–C) groups is 1. The molecule has 1 atom stereocenters. The van der Waals surface area contributed by atoms with Gasteiger partial charge in [0.15, 0.2) is 0 Å². The molecular weight excluding hydrogens is 158 g/mol. The van der Waals surface area contributed by atoms with E-state index in [0.717, 1.165) is 0 Å². The number of amides is 2. The van der Waals surface area contributed by atoms with Crippen LogP contribution in [0.3, 0.4) is 0 Å². The Morgan fingerprint density at radius 3 is 2.67 bits per heavy atom. The van der Waals surface area contributed by atoms with Crippen LogP contribution in [-0.2, 0) is 9.59 Å². The van der Waals surface area contributed by atoms with Gasteiger partial charge in [-0.25, -0.2) is 0 Å². The second kappa shape index (κ2) is 3.44. The fourth-order valence-corrected chi connectivity index (χ4v) is 1.04. The average molecular weight is 169 g/mol. The molecule has 0 fully saturated rings. The number of nitrogens with one attached hydrogen (secondary N) is 1. The molecule has 0 aromatic rings. The van der Waals surface area contributed by atoms with E-state index in [1.165, 1.54) is 0 Å². The second-order valence-corrected chi connectivity index (χ2v) is 2.55. The van der Waals surface area contributed by atoms with Crippen molar-refractivity contribution in [2.75, 3.05) is 6.54 Å². The van der Waals surface area contributed by atoms with Gasteiger partial charge in [0, 0.05) is 0 Å². The molecule has 1 aliphatic heterocycles. The van der Waals surface area contributed by atoms with Crippen molar-refractivity contribution in [3.05, 3.63) is 0 Å². The van der Waals surface area contributed by atoms with Crippen molar-refractivity contribution >= 4 is 17.6 Å². The molecule has 12 heavy (non-hydrogen) atoms. The van der Waals surface area contributed by atoms with E-state index in [-0.39, 0.29) is 24.2 Å². The smallest absolute Gasteiger partial charge is 0.259 e. The minimum absolute atomic E-state index is 0.0912. The summed E-state index contributed by atoms with van der Waals surface area (Å²) in [6, 6.07) is 0. The van der Waals surface area contributed by atoms with Gasteiger partial charge in [0.25, 0.3) is 5.91 Å². The molecule has 1 heterocycles. The van der Waals surface area contributed by atoms with Gasteiger partial charge in [0.05, 0.1) is 6.54 Å². The molecule has 3 N–H and O–H groups in total. The summed E-state index contributed by atoms with van der Waals surface area (Å²) in [6.45, 7) is 1.86. The maximum atomic E-state index is 11.1. The lowest BCUT2D eigenvalue weighted by Crippen LogP contribution is -2.46. The fourth-order valence-electron chi connectivity index (χ4n) is 1.04. The van der Waals surface area contributed by atoms with Crippen LogP contribution in [0.5, 0.6) is 0 Å². The van der Waals surface area contributed by atoms with Crippen LogP contribution in [0.2, 0.25) is 0 Å². The summed E-state index contributed by atoms with van der Waals surface area (Å²) in [5.74, 6) is -1.05. The zero-order valence-electron chi connectivity index (χ0n) is 6.83. The molecule has 0 radical (unpaired) electrons. The van der Waals surface area contributed by atoms with Crippen molar-refractivity contribution in [1.82, 2.24) is 5.32 Å². The number of carbonyl (C=O) groups is 2. The van der Waals surface area contributed by atoms with Crippen molar-refractivity contribution in [3.63, 3.8) is 0 Å². The predicted octanol–water partition coefficient (Wildman–Crippen LogP) is -0.974. The van der Waals surface area contributed by atoms with Gasteiger partial charge in [-0.3, -0.25) is 9.59 Å². The highest BCUT2D eigenvalue weighted by molar-refractivity contribution is 6.16. The molecule has 0 saturated carbocycles. The highest BCUT2D eigenvalue weighted by Crippen LogP contribution is 2.08. The van der Waals surface area contributed by atoms with Crippen molar-refractivity contribution in [1.29, 1.82) is 0 Å². The van der Waals surface area contributed by atoms with Crippen LogP contribution in [0.15, 0.2) is 4.99 Å². The van der Waals surface area contributed by atoms with E-state index in [4.69, 9.17) is 5.73 Å². The normalized spacial score (nSPS) is 23.5. The largest absolute Gasteiger partial charge is 0.324 e. The van der Waals surface area contributed by atoms with Crippen molar-refractivity contribution in [2.24, 2.45) is 16.6 Å². The van der Waals surface area contributed by atoms with Gasteiger partial charge in [0.2, 0.25) is 5.91 Å². The van der Waals surface area contributed by atoms with Crippen LogP contribution in [0.4, 0.5) is 0 Å². The Morgan fingerprint density at radius 2 is 2.25 bits per heavy atom. The van der Waals surface area contributed by atoms with E-state index in [9.17, 15) is 9.59 Å². The number of nitrogens with two attached hydrogens (primary N) is 1. The standard InChI is InChI=1S/C7H11N3O2/c1-2-4-6(11)9-5(3-8)10-7(4)12/h4H,2-3,8H2,1H3,(H,9,10,11,12). The maximum Gasteiger partial charge on any atom is 0.259 e. The zero-order chi connectivity index (χ0) is 9.14. The third kappa shape index (κ3) is 1.50. The Balaban J connectivity index is 2.83. The molecule has 5 heteroatoms. The third-order valence-electron chi connectivity index (χ3n) is 1.73. The number of hydrogen-bond acceptors (Lipinski definition) is 3. The molecule has 0 saturated heterocycles. The van der Waals surface area contributed by atoms with Crippen LogP contribution >= 0.6 is 0 Å². The van der Waals surface area contributed by atoms with Crippen molar-refractivity contribution < 1.29 is 9.59 Å². The van der Waals surface area contributed by atoms with E-state index in [0.29, 0.717) is 6.42 Å². The molecule has 66 valence electrons. The number of amidine groups is 1. The van der Waals surface area contributed by atoms with Gasteiger partial charge < -0.3 is 11.1 Å². The first kappa shape index (κ1) is 8.86. The lowest BCUT2D eigenvalue weighted by molar-refractivity contribution is -0.133. The first-order valence-corrected chi connectivity index (χ1v) is 3.81. The summed E-state index contributed by atoms with van der Waals surface area (Å²) < 4.78 is 0. The summed E-state index contributed by atoms with van der Waals surface area (Å²) in [5.41, 5.74) is 5.22. The molecule has 5 nitrogen and oxygen atoms in total. The van der Waals surface area contributed by atoms with Crippen LogP contribution in [0, 0.1) is 5.92 Å². The molecule has 0 aromatic carbocycles. The number of nitrogens with zero attached hydrogens (tertiary/aromatic N) is 1. The molecule has 0 bridgehead atoms. The SMILES string of the molecule is CCC1C(=O)N=C(CN)NC1=O. The Kier molecular flexibility index (Phi) is 2.54. The number of hydrogen-bond donors (Lipinski definition) is 2. The molecule has 2 amide bonds. The lowest BCUT2D eigenvalue weighted by Gasteiger charge is -2.17. The quantitative estimate of drug-likeness (QED) is 0.521. The molecule has 0 aliphatic carbocycles. The van der Waals surface area contributed by atoms with Gasteiger partial charge in [-0.05, 0) is 6.42 Å². The van der Waals surface area contributed by atoms with Crippen LogP contribution < -0.4 is 11.1 Å². The Hall–Kier alpha value is -1.23. The van der Waals surface area contributed by atoms with Gasteiger partial charge >= 0.3 is 0 Å². The summed E-state index contributed by atoms with van der Waals surface area (Å²) in [7, 11) is 0. The van der Waals surface area contributed by atoms with Crippen LogP contribution in [-0.4, -0.2) is 24.2 Å². The van der Waals surface area contributed by atoms with E-state index >= 15 is 0 Å². The average Bonchev–Trinajstić information content (AvgIpc) is 2.03. The van der Waals surface area contributed by atoms with E-state index in [1.54, 1.807) is 6.92 Å². The van der Waals surface area contributed by atoms with Gasteiger partial charge in [0.1, 0.15) is 11.8 Å². The Labute approximate surface area is 70.0 Å². The highest BCUT2D eigenvalue weighted by atomic mass is 16.2. The minimum atomic E-state index is -0.625. The van der Waals surface area contributed by atoms with Gasteiger partial charge in [-0.2, -0.15) is 4.99 Å². The molecular formula is C7H11N3O2. The molecule has 1 aliphatic rings.